The summed E-state index contributed by atoms with van der Waals surface area (Å²) in [6.07, 6.45) is 0. The number of aromatic nitrogens is 1. The minimum Gasteiger partial charge on any atom is -0.439 e. The Morgan fingerprint density at radius 3 is 2.63 bits per heavy atom. The highest BCUT2D eigenvalue weighted by molar-refractivity contribution is 5.89. The van der Waals surface area contributed by atoms with E-state index in [4.69, 9.17) is 4.42 Å². The number of oxazole rings is 1. The van der Waals surface area contributed by atoms with Gasteiger partial charge in [-0.3, -0.25) is 4.90 Å². The smallest absolute Gasteiger partial charge is 0.321 e. The van der Waals surface area contributed by atoms with Crippen LogP contribution in [-0.4, -0.2) is 47.0 Å². The molecule has 1 N–H and O–H groups in total. The number of carbonyl (C=O) groups is 1. The molecule has 27 heavy (non-hydrogen) atoms. The van der Waals surface area contributed by atoms with Crippen LogP contribution in [0.2, 0.25) is 0 Å². The summed E-state index contributed by atoms with van der Waals surface area (Å²) in [5.74, 6) is 0.371. The van der Waals surface area contributed by atoms with E-state index in [0.717, 1.165) is 29.8 Å². The monoisotopic (exact) mass is 368 g/mol. The Kier molecular flexibility index (Phi) is 4.77. The van der Waals surface area contributed by atoms with Crippen molar-refractivity contribution in [2.24, 2.45) is 0 Å². The molecule has 0 radical (unpaired) electrons. The Labute approximate surface area is 156 Å². The molecule has 6 nitrogen and oxygen atoms in total. The Bertz CT molecular complexity index is 946. The summed E-state index contributed by atoms with van der Waals surface area (Å²) < 4.78 is 18.8. The zero-order valence-corrected chi connectivity index (χ0v) is 15.1. The molecule has 1 aliphatic heterocycles. The Morgan fingerprint density at radius 2 is 1.89 bits per heavy atom. The zero-order chi connectivity index (χ0) is 18.8. The van der Waals surface area contributed by atoms with Crippen molar-refractivity contribution >= 4 is 22.8 Å². The lowest BCUT2D eigenvalue weighted by Crippen LogP contribution is -2.49. The average molecular weight is 368 g/mol. The van der Waals surface area contributed by atoms with Gasteiger partial charge in [-0.05, 0) is 48.9 Å². The molecule has 7 heteroatoms. The fraction of sp³-hybridized carbons (Fsp3) is 0.300. The summed E-state index contributed by atoms with van der Waals surface area (Å²) in [5, 5.41) is 2.80. The maximum Gasteiger partial charge on any atom is 0.321 e. The number of rotatable bonds is 3. The van der Waals surface area contributed by atoms with Crippen molar-refractivity contribution in [2.45, 2.75) is 13.5 Å². The lowest BCUT2D eigenvalue weighted by atomic mass is 10.2. The van der Waals surface area contributed by atoms with Gasteiger partial charge in [0.1, 0.15) is 11.3 Å². The van der Waals surface area contributed by atoms with Crippen molar-refractivity contribution in [3.8, 4) is 0 Å². The number of carbonyl (C=O) groups excluding carboxylic acids is 1. The molecule has 140 valence electrons. The molecule has 4 rings (SSSR count). The van der Waals surface area contributed by atoms with Crippen LogP contribution in [0.3, 0.4) is 0 Å². The first-order valence-electron chi connectivity index (χ1n) is 8.97. The number of amides is 2. The second kappa shape index (κ2) is 7.36. The van der Waals surface area contributed by atoms with Gasteiger partial charge in [0.05, 0.1) is 6.54 Å². The zero-order valence-electron chi connectivity index (χ0n) is 15.1. The predicted octanol–water partition coefficient (Wildman–Crippen LogP) is 3.63. The molecular formula is C20H21FN4O2. The van der Waals surface area contributed by atoms with Crippen molar-refractivity contribution in [1.82, 2.24) is 14.8 Å². The molecule has 1 fully saturated rings. The van der Waals surface area contributed by atoms with Crippen LogP contribution in [0.15, 0.2) is 46.9 Å². The van der Waals surface area contributed by atoms with Crippen molar-refractivity contribution in [3.05, 3.63) is 59.7 Å². The molecular weight excluding hydrogens is 347 g/mol. The van der Waals surface area contributed by atoms with E-state index in [0.29, 0.717) is 31.2 Å². The number of piperazine rings is 1. The van der Waals surface area contributed by atoms with Gasteiger partial charge < -0.3 is 14.6 Å². The number of halogens is 1. The highest BCUT2D eigenvalue weighted by atomic mass is 19.1. The number of hydrogen-bond acceptors (Lipinski definition) is 4. The first-order chi connectivity index (χ1) is 13.1. The first-order valence-corrected chi connectivity index (χ1v) is 8.97. The molecule has 1 aromatic heterocycles. The predicted molar refractivity (Wildman–Crippen MR) is 101 cm³/mol. The van der Waals surface area contributed by atoms with Gasteiger partial charge in [0, 0.05) is 31.9 Å². The minimum atomic E-state index is -0.323. The Morgan fingerprint density at radius 1 is 1.15 bits per heavy atom. The lowest BCUT2D eigenvalue weighted by molar-refractivity contribution is 0.136. The third-order valence-corrected chi connectivity index (χ3v) is 4.70. The molecule has 0 aliphatic carbocycles. The molecule has 0 atom stereocenters. The summed E-state index contributed by atoms with van der Waals surface area (Å²) in [6.45, 7) is 5.38. The quantitative estimate of drug-likeness (QED) is 0.767. The maximum atomic E-state index is 12.9. The number of fused-ring (bicyclic) bond motifs is 1. The third-order valence-electron chi connectivity index (χ3n) is 4.70. The summed E-state index contributed by atoms with van der Waals surface area (Å²) >= 11 is 0. The van der Waals surface area contributed by atoms with Gasteiger partial charge in [0.15, 0.2) is 5.58 Å². The number of urea groups is 1. The molecule has 2 heterocycles. The summed E-state index contributed by atoms with van der Waals surface area (Å²) in [6, 6.07) is 11.6. The van der Waals surface area contributed by atoms with Gasteiger partial charge in [-0.25, -0.2) is 14.2 Å². The van der Waals surface area contributed by atoms with Gasteiger partial charge in [-0.15, -0.1) is 0 Å². The van der Waals surface area contributed by atoms with E-state index in [1.54, 1.807) is 17.0 Å². The van der Waals surface area contributed by atoms with Crippen molar-refractivity contribution in [2.75, 3.05) is 31.5 Å². The Balaban J connectivity index is 1.31. The Hall–Kier alpha value is -2.93. The maximum absolute atomic E-state index is 12.9. The van der Waals surface area contributed by atoms with Crippen LogP contribution in [0.4, 0.5) is 14.9 Å². The topological polar surface area (TPSA) is 61.6 Å². The second-order valence-corrected chi connectivity index (χ2v) is 6.78. The van der Waals surface area contributed by atoms with E-state index < -0.39 is 0 Å². The third kappa shape index (κ3) is 4.09. The van der Waals surface area contributed by atoms with E-state index in [2.05, 4.69) is 15.2 Å². The van der Waals surface area contributed by atoms with Gasteiger partial charge >= 0.3 is 6.03 Å². The summed E-state index contributed by atoms with van der Waals surface area (Å²) in [5.41, 5.74) is 3.42. The standard InChI is InChI=1S/C20H21FN4O2/c1-14-2-7-18-17(12-14)23-19(27-18)13-24-8-10-25(11-9-24)20(26)22-16-5-3-15(21)4-6-16/h2-7,12H,8-11,13H2,1H3,(H,22,26). The van der Waals surface area contributed by atoms with Crippen LogP contribution in [-0.2, 0) is 6.54 Å². The molecule has 0 saturated carbocycles. The lowest BCUT2D eigenvalue weighted by Gasteiger charge is -2.34. The highest BCUT2D eigenvalue weighted by Gasteiger charge is 2.22. The fourth-order valence-corrected chi connectivity index (χ4v) is 3.19. The molecule has 2 amide bonds. The molecule has 0 unspecified atom stereocenters. The van der Waals surface area contributed by atoms with Crippen molar-refractivity contribution in [3.63, 3.8) is 0 Å². The number of benzene rings is 2. The average Bonchev–Trinajstić information content (AvgIpc) is 3.05. The number of hydrogen-bond donors (Lipinski definition) is 1. The number of anilines is 1. The van der Waals surface area contributed by atoms with Crippen LogP contribution in [0.5, 0.6) is 0 Å². The van der Waals surface area contributed by atoms with Gasteiger partial charge in [0.25, 0.3) is 0 Å². The fourth-order valence-electron chi connectivity index (χ4n) is 3.19. The molecule has 1 saturated heterocycles. The molecule has 2 aromatic carbocycles. The van der Waals surface area contributed by atoms with Gasteiger partial charge in [-0.2, -0.15) is 0 Å². The van der Waals surface area contributed by atoms with Crippen LogP contribution in [0.25, 0.3) is 11.1 Å². The number of nitrogens with zero attached hydrogens (tertiary/aromatic N) is 3. The summed E-state index contributed by atoms with van der Waals surface area (Å²) in [4.78, 5) is 20.9. The van der Waals surface area contributed by atoms with Gasteiger partial charge in [0.2, 0.25) is 5.89 Å². The van der Waals surface area contributed by atoms with E-state index in [1.165, 1.54) is 12.1 Å². The first kappa shape index (κ1) is 17.5. The van der Waals surface area contributed by atoms with Crippen molar-refractivity contribution in [1.29, 1.82) is 0 Å². The summed E-state index contributed by atoms with van der Waals surface area (Å²) in [7, 11) is 0. The SMILES string of the molecule is Cc1ccc2oc(CN3CCN(C(=O)Nc4ccc(F)cc4)CC3)nc2c1. The van der Waals surface area contributed by atoms with Crippen LogP contribution < -0.4 is 5.32 Å². The molecule has 0 bridgehead atoms. The minimum absolute atomic E-state index is 0.168. The highest BCUT2D eigenvalue weighted by Crippen LogP contribution is 2.19. The van der Waals surface area contributed by atoms with E-state index in [-0.39, 0.29) is 11.8 Å². The molecule has 3 aromatic rings. The normalized spacial score (nSPS) is 15.3. The van der Waals surface area contributed by atoms with Crippen LogP contribution in [0.1, 0.15) is 11.5 Å². The van der Waals surface area contributed by atoms with E-state index >= 15 is 0 Å². The molecule has 0 spiro atoms. The number of aryl methyl sites for hydroxylation is 1. The van der Waals surface area contributed by atoms with Crippen LogP contribution >= 0.6 is 0 Å². The number of nitrogens with one attached hydrogen (secondary N) is 1. The van der Waals surface area contributed by atoms with E-state index in [9.17, 15) is 9.18 Å². The van der Waals surface area contributed by atoms with Gasteiger partial charge in [-0.1, -0.05) is 6.07 Å². The van der Waals surface area contributed by atoms with Crippen molar-refractivity contribution < 1.29 is 13.6 Å². The molecule has 1 aliphatic rings. The van der Waals surface area contributed by atoms with E-state index in [1.807, 2.05) is 25.1 Å². The second-order valence-electron chi connectivity index (χ2n) is 6.78. The van der Waals surface area contributed by atoms with Crippen LogP contribution in [0, 0.1) is 12.7 Å². The largest absolute Gasteiger partial charge is 0.439 e.